The van der Waals surface area contributed by atoms with Gasteiger partial charge in [-0.1, -0.05) is 32.9 Å². The molecule has 0 N–H and O–H groups in total. The SMILES string of the molecule is COc1ccc(C=CC(=O)C(C)(C)C)cc1OC. The second-order valence-electron chi connectivity index (χ2n) is 5.06. The van der Waals surface area contributed by atoms with Gasteiger partial charge in [-0.2, -0.15) is 0 Å². The van der Waals surface area contributed by atoms with Gasteiger partial charge < -0.3 is 9.47 Å². The zero-order valence-corrected chi connectivity index (χ0v) is 11.6. The summed E-state index contributed by atoms with van der Waals surface area (Å²) in [6.45, 7) is 5.69. The fourth-order valence-electron chi connectivity index (χ4n) is 1.38. The standard InChI is InChI=1S/C15H20O3/c1-15(2,3)14(16)9-7-11-6-8-12(17-4)13(10-11)18-5/h6-10H,1-5H3. The Bertz CT molecular complexity index is 453. The van der Waals surface area contributed by atoms with Gasteiger partial charge in [-0.05, 0) is 23.8 Å². The first-order valence-electron chi connectivity index (χ1n) is 5.83. The van der Waals surface area contributed by atoms with Crippen molar-refractivity contribution in [1.29, 1.82) is 0 Å². The minimum absolute atomic E-state index is 0.0947. The number of ether oxygens (including phenoxy) is 2. The maximum absolute atomic E-state index is 11.8. The molecule has 0 saturated carbocycles. The zero-order valence-electron chi connectivity index (χ0n) is 11.6. The van der Waals surface area contributed by atoms with Crippen LogP contribution in [0.15, 0.2) is 24.3 Å². The van der Waals surface area contributed by atoms with E-state index in [4.69, 9.17) is 9.47 Å². The number of hydrogen-bond acceptors (Lipinski definition) is 3. The molecule has 1 rings (SSSR count). The van der Waals surface area contributed by atoms with E-state index in [1.807, 2.05) is 39.0 Å². The monoisotopic (exact) mass is 248 g/mol. The molecule has 0 aromatic heterocycles. The number of rotatable bonds is 4. The smallest absolute Gasteiger partial charge is 0.161 e. The first-order chi connectivity index (χ1) is 8.38. The topological polar surface area (TPSA) is 35.5 Å². The summed E-state index contributed by atoms with van der Waals surface area (Å²) in [6, 6.07) is 5.54. The molecule has 3 nitrogen and oxygen atoms in total. The summed E-state index contributed by atoms with van der Waals surface area (Å²) < 4.78 is 10.4. The first-order valence-corrected chi connectivity index (χ1v) is 5.83. The van der Waals surface area contributed by atoms with Crippen LogP contribution in [-0.4, -0.2) is 20.0 Å². The molecule has 0 atom stereocenters. The predicted molar refractivity (Wildman–Crippen MR) is 73.0 cm³/mol. The Hall–Kier alpha value is -1.77. The molecule has 0 fully saturated rings. The van der Waals surface area contributed by atoms with Crippen molar-refractivity contribution in [2.24, 2.45) is 5.41 Å². The molecular formula is C15H20O3. The third kappa shape index (κ3) is 3.62. The van der Waals surface area contributed by atoms with Crippen LogP contribution in [0, 0.1) is 5.41 Å². The number of allylic oxidation sites excluding steroid dienone is 1. The van der Waals surface area contributed by atoms with Crippen LogP contribution in [0.5, 0.6) is 11.5 Å². The molecule has 1 aromatic carbocycles. The van der Waals surface area contributed by atoms with Gasteiger partial charge in [0, 0.05) is 5.41 Å². The minimum Gasteiger partial charge on any atom is -0.493 e. The highest BCUT2D eigenvalue weighted by Crippen LogP contribution is 2.28. The Kier molecular flexibility index (Phi) is 4.54. The van der Waals surface area contributed by atoms with E-state index in [2.05, 4.69) is 0 Å². The molecule has 0 aliphatic carbocycles. The minimum atomic E-state index is -0.354. The Labute approximate surface area is 108 Å². The second-order valence-corrected chi connectivity index (χ2v) is 5.06. The number of benzene rings is 1. The van der Waals surface area contributed by atoms with Gasteiger partial charge in [0.15, 0.2) is 17.3 Å². The zero-order chi connectivity index (χ0) is 13.8. The molecule has 98 valence electrons. The fourth-order valence-corrected chi connectivity index (χ4v) is 1.38. The lowest BCUT2D eigenvalue weighted by molar-refractivity contribution is -0.121. The molecule has 0 amide bonds. The summed E-state index contributed by atoms with van der Waals surface area (Å²) in [5, 5.41) is 0. The van der Waals surface area contributed by atoms with Gasteiger partial charge in [-0.25, -0.2) is 0 Å². The number of hydrogen-bond donors (Lipinski definition) is 0. The van der Waals surface area contributed by atoms with Crippen molar-refractivity contribution in [2.45, 2.75) is 20.8 Å². The van der Waals surface area contributed by atoms with Crippen LogP contribution < -0.4 is 9.47 Å². The van der Waals surface area contributed by atoms with Crippen LogP contribution in [-0.2, 0) is 4.79 Å². The van der Waals surface area contributed by atoms with Crippen molar-refractivity contribution in [3.05, 3.63) is 29.8 Å². The van der Waals surface area contributed by atoms with E-state index in [1.165, 1.54) is 0 Å². The number of methoxy groups -OCH3 is 2. The van der Waals surface area contributed by atoms with Crippen molar-refractivity contribution >= 4 is 11.9 Å². The summed E-state index contributed by atoms with van der Waals surface area (Å²) in [5.74, 6) is 1.43. The third-order valence-corrected chi connectivity index (χ3v) is 2.57. The van der Waals surface area contributed by atoms with Crippen molar-refractivity contribution < 1.29 is 14.3 Å². The van der Waals surface area contributed by atoms with E-state index in [0.717, 1.165) is 5.56 Å². The highest BCUT2D eigenvalue weighted by atomic mass is 16.5. The second kappa shape index (κ2) is 5.71. The van der Waals surface area contributed by atoms with Crippen molar-refractivity contribution in [3.63, 3.8) is 0 Å². The van der Waals surface area contributed by atoms with Crippen LogP contribution in [0.1, 0.15) is 26.3 Å². The molecule has 0 spiro atoms. The van der Waals surface area contributed by atoms with E-state index in [1.54, 1.807) is 26.4 Å². The van der Waals surface area contributed by atoms with E-state index in [9.17, 15) is 4.79 Å². The molecule has 0 bridgehead atoms. The van der Waals surface area contributed by atoms with Crippen molar-refractivity contribution in [2.75, 3.05) is 14.2 Å². The predicted octanol–water partition coefficient (Wildman–Crippen LogP) is 3.33. The van der Waals surface area contributed by atoms with Crippen LogP contribution in [0.3, 0.4) is 0 Å². The van der Waals surface area contributed by atoms with Gasteiger partial charge in [-0.3, -0.25) is 4.79 Å². The van der Waals surface area contributed by atoms with Gasteiger partial charge >= 0.3 is 0 Å². The molecule has 0 heterocycles. The van der Waals surface area contributed by atoms with Gasteiger partial charge in [0.05, 0.1) is 14.2 Å². The van der Waals surface area contributed by atoms with E-state index < -0.39 is 0 Å². The molecule has 18 heavy (non-hydrogen) atoms. The summed E-state index contributed by atoms with van der Waals surface area (Å²) in [5.41, 5.74) is 0.554. The highest BCUT2D eigenvalue weighted by molar-refractivity contribution is 5.97. The van der Waals surface area contributed by atoms with Crippen molar-refractivity contribution in [3.8, 4) is 11.5 Å². The van der Waals surface area contributed by atoms with Crippen LogP contribution in [0.2, 0.25) is 0 Å². The number of ketones is 1. The summed E-state index contributed by atoms with van der Waals surface area (Å²) in [4.78, 5) is 11.8. The lowest BCUT2D eigenvalue weighted by Gasteiger charge is -2.13. The number of carbonyl (C=O) groups excluding carboxylic acids is 1. The van der Waals surface area contributed by atoms with Gasteiger partial charge in [0.2, 0.25) is 0 Å². The Morgan fingerprint density at radius 1 is 1.11 bits per heavy atom. The fraction of sp³-hybridized carbons (Fsp3) is 0.400. The maximum atomic E-state index is 11.8. The van der Waals surface area contributed by atoms with E-state index >= 15 is 0 Å². The normalized spacial score (nSPS) is 11.6. The Balaban J connectivity index is 2.92. The average molecular weight is 248 g/mol. The quantitative estimate of drug-likeness (QED) is 0.767. The third-order valence-electron chi connectivity index (χ3n) is 2.57. The van der Waals surface area contributed by atoms with Crippen molar-refractivity contribution in [1.82, 2.24) is 0 Å². The lowest BCUT2D eigenvalue weighted by Crippen LogP contribution is -2.17. The molecule has 1 aromatic rings. The Morgan fingerprint density at radius 3 is 2.22 bits per heavy atom. The molecule has 0 aliphatic rings. The largest absolute Gasteiger partial charge is 0.493 e. The molecule has 0 unspecified atom stereocenters. The average Bonchev–Trinajstić information content (AvgIpc) is 2.34. The Morgan fingerprint density at radius 2 is 1.72 bits per heavy atom. The van der Waals surface area contributed by atoms with Gasteiger partial charge in [0.25, 0.3) is 0 Å². The summed E-state index contributed by atoms with van der Waals surface area (Å²) in [7, 11) is 3.18. The molecule has 0 saturated heterocycles. The highest BCUT2D eigenvalue weighted by Gasteiger charge is 2.17. The van der Waals surface area contributed by atoms with E-state index in [-0.39, 0.29) is 11.2 Å². The molecular weight excluding hydrogens is 228 g/mol. The van der Waals surface area contributed by atoms with Crippen LogP contribution in [0.25, 0.3) is 6.08 Å². The lowest BCUT2D eigenvalue weighted by atomic mass is 9.90. The number of carbonyl (C=O) groups is 1. The maximum Gasteiger partial charge on any atom is 0.161 e. The van der Waals surface area contributed by atoms with Gasteiger partial charge in [-0.15, -0.1) is 0 Å². The molecule has 0 aliphatic heterocycles. The van der Waals surface area contributed by atoms with Crippen LogP contribution >= 0.6 is 0 Å². The first kappa shape index (κ1) is 14.3. The molecule has 3 heteroatoms. The molecule has 0 radical (unpaired) electrons. The van der Waals surface area contributed by atoms with Gasteiger partial charge in [0.1, 0.15) is 0 Å². The summed E-state index contributed by atoms with van der Waals surface area (Å²) in [6.07, 6.45) is 3.39. The van der Waals surface area contributed by atoms with Crippen LogP contribution in [0.4, 0.5) is 0 Å². The summed E-state index contributed by atoms with van der Waals surface area (Å²) >= 11 is 0. The van der Waals surface area contributed by atoms with E-state index in [0.29, 0.717) is 11.5 Å².